The molecule has 0 unspecified atom stereocenters. The van der Waals surface area contributed by atoms with Gasteiger partial charge >= 0.3 is 0 Å². The Labute approximate surface area is 148 Å². The highest BCUT2D eigenvalue weighted by Crippen LogP contribution is 2.23. The second-order valence-electron chi connectivity index (χ2n) is 5.68. The first-order chi connectivity index (χ1) is 11.7. The van der Waals surface area contributed by atoms with Gasteiger partial charge in [-0.2, -0.15) is 9.61 Å². The van der Waals surface area contributed by atoms with Crippen LogP contribution >= 0.6 is 22.9 Å². The maximum atomic E-state index is 6.24. The van der Waals surface area contributed by atoms with Crippen LogP contribution in [0.2, 0.25) is 5.02 Å². The molecule has 0 aliphatic carbocycles. The van der Waals surface area contributed by atoms with Crippen LogP contribution < -0.4 is 0 Å². The zero-order valence-electron chi connectivity index (χ0n) is 13.1. The maximum absolute atomic E-state index is 6.24. The normalized spacial score (nSPS) is 11.2. The van der Waals surface area contributed by atoms with E-state index in [1.54, 1.807) is 11.3 Å². The SMILES string of the molecule is Cc1ccccc1Cc1nnc2sc(Cc3ccccc3Cl)nn12. The third kappa shape index (κ3) is 2.92. The fraction of sp³-hybridized carbons (Fsp3) is 0.167. The van der Waals surface area contributed by atoms with Crippen LogP contribution in [-0.2, 0) is 12.8 Å². The van der Waals surface area contributed by atoms with Gasteiger partial charge in [0.2, 0.25) is 4.96 Å². The van der Waals surface area contributed by atoms with Crippen LogP contribution in [0.25, 0.3) is 4.96 Å². The molecule has 2 aromatic carbocycles. The molecule has 0 N–H and O–H groups in total. The molecule has 2 heterocycles. The van der Waals surface area contributed by atoms with Crippen LogP contribution in [0.3, 0.4) is 0 Å². The van der Waals surface area contributed by atoms with Crippen LogP contribution in [-0.4, -0.2) is 19.8 Å². The molecule has 0 amide bonds. The molecule has 0 bridgehead atoms. The molecule has 4 aromatic rings. The Morgan fingerprint density at radius 1 is 0.958 bits per heavy atom. The highest BCUT2D eigenvalue weighted by molar-refractivity contribution is 7.16. The lowest BCUT2D eigenvalue weighted by Gasteiger charge is -2.02. The molecule has 120 valence electrons. The zero-order valence-corrected chi connectivity index (χ0v) is 14.7. The number of benzene rings is 2. The minimum atomic E-state index is 0.706. The number of aromatic nitrogens is 4. The summed E-state index contributed by atoms with van der Waals surface area (Å²) in [5, 5.41) is 15.0. The summed E-state index contributed by atoms with van der Waals surface area (Å²) in [5.41, 5.74) is 3.57. The van der Waals surface area contributed by atoms with Gasteiger partial charge in [0.25, 0.3) is 0 Å². The first-order valence-corrected chi connectivity index (χ1v) is 8.88. The number of nitrogens with zero attached hydrogens (tertiary/aromatic N) is 4. The molecule has 2 aromatic heterocycles. The van der Waals surface area contributed by atoms with Crippen LogP contribution in [0.4, 0.5) is 0 Å². The Kier molecular flexibility index (Phi) is 4.04. The Morgan fingerprint density at radius 3 is 2.50 bits per heavy atom. The summed E-state index contributed by atoms with van der Waals surface area (Å²) in [4.78, 5) is 0.820. The lowest BCUT2D eigenvalue weighted by atomic mass is 10.1. The van der Waals surface area contributed by atoms with Crippen molar-refractivity contribution >= 4 is 27.9 Å². The summed E-state index contributed by atoms with van der Waals surface area (Å²) in [5.74, 6) is 0.862. The molecular weight excluding hydrogens is 340 g/mol. The van der Waals surface area contributed by atoms with Gasteiger partial charge in [-0.1, -0.05) is 65.4 Å². The van der Waals surface area contributed by atoms with Crippen molar-refractivity contribution in [3.05, 3.63) is 81.1 Å². The van der Waals surface area contributed by atoms with Crippen LogP contribution in [0, 0.1) is 6.92 Å². The molecule has 0 radical (unpaired) electrons. The van der Waals surface area contributed by atoms with E-state index >= 15 is 0 Å². The quantitative estimate of drug-likeness (QED) is 0.548. The van der Waals surface area contributed by atoms with Gasteiger partial charge in [-0.25, -0.2) is 0 Å². The predicted molar refractivity (Wildman–Crippen MR) is 96.9 cm³/mol. The Balaban J connectivity index is 1.64. The topological polar surface area (TPSA) is 43.1 Å². The largest absolute Gasteiger partial charge is 0.234 e. The molecule has 24 heavy (non-hydrogen) atoms. The molecule has 6 heteroatoms. The summed E-state index contributed by atoms with van der Waals surface area (Å²) >= 11 is 7.80. The number of hydrogen-bond donors (Lipinski definition) is 0. The molecule has 0 saturated heterocycles. The van der Waals surface area contributed by atoms with Crippen molar-refractivity contribution in [2.24, 2.45) is 0 Å². The predicted octanol–water partition coefficient (Wildman–Crippen LogP) is 4.33. The van der Waals surface area contributed by atoms with E-state index in [1.165, 1.54) is 11.1 Å². The van der Waals surface area contributed by atoms with Gasteiger partial charge in [0.05, 0.1) is 0 Å². The second-order valence-corrected chi connectivity index (χ2v) is 7.13. The van der Waals surface area contributed by atoms with E-state index in [4.69, 9.17) is 11.6 Å². The second kappa shape index (κ2) is 6.34. The van der Waals surface area contributed by atoms with E-state index in [1.807, 2.05) is 40.9 Å². The standard InChI is InChI=1S/C18H15ClN4S/c1-12-6-2-3-7-13(12)10-16-20-21-18-23(16)22-17(24-18)11-14-8-4-5-9-15(14)19/h2-9H,10-11H2,1H3. The van der Waals surface area contributed by atoms with Gasteiger partial charge in [-0.15, -0.1) is 10.2 Å². The van der Waals surface area contributed by atoms with E-state index in [9.17, 15) is 0 Å². The Bertz CT molecular complexity index is 1010. The molecule has 0 aliphatic heterocycles. The number of aryl methyl sites for hydroxylation is 1. The summed E-state index contributed by atoms with van der Waals surface area (Å²) in [6.45, 7) is 2.11. The maximum Gasteiger partial charge on any atom is 0.234 e. The van der Waals surface area contributed by atoms with E-state index in [0.29, 0.717) is 6.42 Å². The van der Waals surface area contributed by atoms with Crippen molar-refractivity contribution in [3.8, 4) is 0 Å². The van der Waals surface area contributed by atoms with Crippen LogP contribution in [0.15, 0.2) is 48.5 Å². The van der Waals surface area contributed by atoms with Gasteiger partial charge in [-0.05, 0) is 29.7 Å². The Morgan fingerprint density at radius 2 is 1.71 bits per heavy atom. The molecule has 4 nitrogen and oxygen atoms in total. The summed E-state index contributed by atoms with van der Waals surface area (Å²) in [6, 6.07) is 16.2. The van der Waals surface area contributed by atoms with Gasteiger partial charge in [0.1, 0.15) is 5.01 Å². The number of rotatable bonds is 4. The fourth-order valence-electron chi connectivity index (χ4n) is 2.66. The summed E-state index contributed by atoms with van der Waals surface area (Å²) < 4.78 is 1.85. The van der Waals surface area contributed by atoms with E-state index in [-0.39, 0.29) is 0 Å². The van der Waals surface area contributed by atoms with Crippen molar-refractivity contribution in [1.82, 2.24) is 19.8 Å². The van der Waals surface area contributed by atoms with Crippen molar-refractivity contribution in [2.75, 3.05) is 0 Å². The number of fused-ring (bicyclic) bond motifs is 1. The minimum absolute atomic E-state index is 0.706. The molecule has 0 spiro atoms. The lowest BCUT2D eigenvalue weighted by molar-refractivity contribution is 0.828. The van der Waals surface area contributed by atoms with Gasteiger partial charge < -0.3 is 0 Å². The first-order valence-electron chi connectivity index (χ1n) is 7.68. The first kappa shape index (κ1) is 15.3. The average Bonchev–Trinajstić information content (AvgIpc) is 3.13. The number of halogens is 1. The molecule has 0 atom stereocenters. The highest BCUT2D eigenvalue weighted by atomic mass is 35.5. The van der Waals surface area contributed by atoms with Crippen molar-refractivity contribution in [1.29, 1.82) is 0 Å². The van der Waals surface area contributed by atoms with Gasteiger partial charge in [0.15, 0.2) is 5.82 Å². The van der Waals surface area contributed by atoms with Crippen molar-refractivity contribution < 1.29 is 0 Å². The lowest BCUT2D eigenvalue weighted by Crippen LogP contribution is -2.00. The smallest absolute Gasteiger partial charge is 0.187 e. The van der Waals surface area contributed by atoms with Crippen LogP contribution in [0.5, 0.6) is 0 Å². The molecular formula is C18H15ClN4S. The summed E-state index contributed by atoms with van der Waals surface area (Å²) in [6.07, 6.45) is 1.43. The molecule has 4 rings (SSSR count). The third-order valence-corrected chi connectivity index (χ3v) is 5.27. The number of hydrogen-bond acceptors (Lipinski definition) is 4. The van der Waals surface area contributed by atoms with Crippen molar-refractivity contribution in [2.45, 2.75) is 19.8 Å². The van der Waals surface area contributed by atoms with Gasteiger partial charge in [0, 0.05) is 17.9 Å². The molecule has 0 saturated carbocycles. The van der Waals surface area contributed by atoms with Gasteiger partial charge in [-0.3, -0.25) is 0 Å². The zero-order chi connectivity index (χ0) is 16.5. The third-order valence-electron chi connectivity index (χ3n) is 4.01. The van der Waals surface area contributed by atoms with E-state index in [2.05, 4.69) is 34.4 Å². The van der Waals surface area contributed by atoms with E-state index in [0.717, 1.165) is 32.8 Å². The van der Waals surface area contributed by atoms with Crippen LogP contribution in [0.1, 0.15) is 27.5 Å². The minimum Gasteiger partial charge on any atom is -0.187 e. The van der Waals surface area contributed by atoms with Crippen molar-refractivity contribution in [3.63, 3.8) is 0 Å². The monoisotopic (exact) mass is 354 g/mol. The Hall–Kier alpha value is -2.24. The summed E-state index contributed by atoms with van der Waals surface area (Å²) in [7, 11) is 0. The molecule has 0 aliphatic rings. The fourth-order valence-corrected chi connectivity index (χ4v) is 3.74. The van der Waals surface area contributed by atoms with E-state index < -0.39 is 0 Å². The highest BCUT2D eigenvalue weighted by Gasteiger charge is 2.14. The molecule has 0 fully saturated rings. The average molecular weight is 355 g/mol.